The predicted octanol–water partition coefficient (Wildman–Crippen LogP) is 10.4. The summed E-state index contributed by atoms with van der Waals surface area (Å²) in [5.41, 5.74) is 13.0. The molecule has 3 heteroatoms. The zero-order chi connectivity index (χ0) is 28.6. The summed E-state index contributed by atoms with van der Waals surface area (Å²) < 4.78 is 0. The molecule has 0 aliphatic heterocycles. The third kappa shape index (κ3) is 4.99. The number of nitrogens with zero attached hydrogens (tertiary/aromatic N) is 3. The van der Waals surface area contributed by atoms with Crippen LogP contribution in [0.15, 0.2) is 152 Å². The van der Waals surface area contributed by atoms with Crippen LogP contribution in [-0.4, -0.2) is 15.0 Å². The Labute approximate surface area is 258 Å². The average Bonchev–Trinajstić information content (AvgIpc) is 3.48. The van der Waals surface area contributed by atoms with Gasteiger partial charge in [0.2, 0.25) is 0 Å². The van der Waals surface area contributed by atoms with E-state index >= 15 is 0 Å². The second-order valence-corrected chi connectivity index (χ2v) is 10.9. The maximum Gasteiger partial charge on any atom is 0.164 e. The molecule has 1 heterocycles. The molecule has 3 nitrogen and oxygen atoms in total. The summed E-state index contributed by atoms with van der Waals surface area (Å²) in [5, 5.41) is 0. The lowest BCUT2D eigenvalue weighted by Gasteiger charge is -2.14. The molecular formula is C41H31N3. The lowest BCUT2D eigenvalue weighted by atomic mass is 9.91. The van der Waals surface area contributed by atoms with Crippen molar-refractivity contribution in [2.75, 3.05) is 0 Å². The Hall–Kier alpha value is -5.67. The SMILES string of the molecule is C.c1ccc(-c2cc(-c3nc(-c4ccccc4)nc(-c4ccccc4)n3)cc(-c3cccc4c3Cc3ccccc3-4)c2)cc1. The normalized spacial score (nSPS) is 11.4. The summed E-state index contributed by atoms with van der Waals surface area (Å²) >= 11 is 0. The van der Waals surface area contributed by atoms with Crippen molar-refractivity contribution < 1.29 is 0 Å². The summed E-state index contributed by atoms with van der Waals surface area (Å²) in [4.78, 5) is 15.0. The first-order valence-electron chi connectivity index (χ1n) is 14.6. The van der Waals surface area contributed by atoms with Gasteiger partial charge >= 0.3 is 0 Å². The van der Waals surface area contributed by atoms with Gasteiger partial charge in [-0.2, -0.15) is 0 Å². The van der Waals surface area contributed by atoms with Gasteiger partial charge in [-0.05, 0) is 69.1 Å². The first-order valence-corrected chi connectivity index (χ1v) is 14.6. The van der Waals surface area contributed by atoms with Crippen molar-refractivity contribution in [3.63, 3.8) is 0 Å². The van der Waals surface area contributed by atoms with Crippen molar-refractivity contribution in [2.45, 2.75) is 13.8 Å². The zero-order valence-electron chi connectivity index (χ0n) is 23.5. The van der Waals surface area contributed by atoms with E-state index in [0.29, 0.717) is 17.5 Å². The number of rotatable bonds is 5. The van der Waals surface area contributed by atoms with Gasteiger partial charge in [0.1, 0.15) is 0 Å². The van der Waals surface area contributed by atoms with Crippen LogP contribution in [0.5, 0.6) is 0 Å². The third-order valence-corrected chi connectivity index (χ3v) is 8.16. The molecule has 7 aromatic rings. The molecule has 210 valence electrons. The van der Waals surface area contributed by atoms with Gasteiger partial charge in [-0.15, -0.1) is 0 Å². The highest BCUT2D eigenvalue weighted by atomic mass is 15.0. The van der Waals surface area contributed by atoms with Gasteiger partial charge in [0.15, 0.2) is 17.5 Å². The molecule has 0 saturated heterocycles. The summed E-state index contributed by atoms with van der Waals surface area (Å²) in [6.07, 6.45) is 0.925. The molecule has 0 spiro atoms. The van der Waals surface area contributed by atoms with Crippen molar-refractivity contribution in [1.29, 1.82) is 0 Å². The molecule has 0 unspecified atom stereocenters. The molecule has 44 heavy (non-hydrogen) atoms. The van der Waals surface area contributed by atoms with Crippen LogP contribution in [0.3, 0.4) is 0 Å². The topological polar surface area (TPSA) is 38.7 Å². The van der Waals surface area contributed by atoms with Crippen LogP contribution in [0.1, 0.15) is 18.6 Å². The third-order valence-electron chi connectivity index (χ3n) is 8.16. The van der Waals surface area contributed by atoms with E-state index < -0.39 is 0 Å². The minimum atomic E-state index is 0. The first kappa shape index (κ1) is 27.2. The Kier molecular flexibility index (Phi) is 7.13. The lowest BCUT2D eigenvalue weighted by Crippen LogP contribution is -2.00. The van der Waals surface area contributed by atoms with E-state index in [1.807, 2.05) is 60.7 Å². The van der Waals surface area contributed by atoms with Crippen molar-refractivity contribution in [3.05, 3.63) is 163 Å². The molecule has 0 fully saturated rings. The van der Waals surface area contributed by atoms with Gasteiger partial charge in [-0.25, -0.2) is 15.0 Å². The van der Waals surface area contributed by atoms with Gasteiger partial charge in [0.25, 0.3) is 0 Å². The molecule has 0 amide bonds. The smallest absolute Gasteiger partial charge is 0.164 e. The van der Waals surface area contributed by atoms with Crippen molar-refractivity contribution in [1.82, 2.24) is 15.0 Å². The van der Waals surface area contributed by atoms with Gasteiger partial charge in [-0.1, -0.05) is 141 Å². The quantitative estimate of drug-likeness (QED) is 0.208. The average molecular weight is 566 g/mol. The Morgan fingerprint density at radius 3 is 1.43 bits per heavy atom. The standard InChI is InChI=1S/C40H27N3.CH4/c1-4-13-27(14-5-1)31-23-32(35-21-12-22-36-34-20-11-10-19-30(34)26-37(35)36)25-33(24-31)40-42-38(28-15-6-2-7-16-28)41-39(43-40)29-17-8-3-9-18-29;/h1-25H,26H2;1H4. The monoisotopic (exact) mass is 565 g/mol. The summed E-state index contributed by atoms with van der Waals surface area (Å²) in [6.45, 7) is 0. The lowest BCUT2D eigenvalue weighted by molar-refractivity contribution is 1.07. The zero-order valence-corrected chi connectivity index (χ0v) is 23.5. The van der Waals surface area contributed by atoms with Crippen molar-refractivity contribution >= 4 is 0 Å². The fourth-order valence-electron chi connectivity index (χ4n) is 6.07. The van der Waals surface area contributed by atoms with E-state index in [2.05, 4.69) is 91.0 Å². The minimum Gasteiger partial charge on any atom is -0.208 e. The van der Waals surface area contributed by atoms with Gasteiger partial charge in [0, 0.05) is 16.7 Å². The van der Waals surface area contributed by atoms with Crippen LogP contribution in [0.25, 0.3) is 67.5 Å². The largest absolute Gasteiger partial charge is 0.208 e. The predicted molar refractivity (Wildman–Crippen MR) is 182 cm³/mol. The maximum atomic E-state index is 5.05. The molecular weight excluding hydrogens is 534 g/mol. The van der Waals surface area contributed by atoms with E-state index in [4.69, 9.17) is 15.0 Å². The van der Waals surface area contributed by atoms with Gasteiger partial charge < -0.3 is 0 Å². The Bertz CT molecular complexity index is 2030. The van der Waals surface area contributed by atoms with Crippen LogP contribution in [0.2, 0.25) is 0 Å². The second kappa shape index (κ2) is 11.5. The molecule has 6 aromatic carbocycles. The molecule has 1 aromatic heterocycles. The molecule has 0 radical (unpaired) electrons. The molecule has 0 N–H and O–H groups in total. The number of benzene rings is 6. The van der Waals surface area contributed by atoms with Crippen molar-refractivity contribution in [3.8, 4) is 67.5 Å². The van der Waals surface area contributed by atoms with Gasteiger partial charge in [0.05, 0.1) is 0 Å². The van der Waals surface area contributed by atoms with Crippen molar-refractivity contribution in [2.24, 2.45) is 0 Å². The minimum absolute atomic E-state index is 0. The fourth-order valence-corrected chi connectivity index (χ4v) is 6.07. The van der Waals surface area contributed by atoms with Crippen LogP contribution in [-0.2, 0) is 6.42 Å². The summed E-state index contributed by atoms with van der Waals surface area (Å²) in [7, 11) is 0. The highest BCUT2D eigenvalue weighted by Gasteiger charge is 2.22. The maximum absolute atomic E-state index is 5.05. The number of aromatic nitrogens is 3. The highest BCUT2D eigenvalue weighted by molar-refractivity contribution is 5.88. The van der Waals surface area contributed by atoms with Gasteiger partial charge in [-0.3, -0.25) is 0 Å². The molecule has 8 rings (SSSR count). The fraction of sp³-hybridized carbons (Fsp3) is 0.0488. The molecule has 1 aliphatic rings. The highest BCUT2D eigenvalue weighted by Crippen LogP contribution is 2.43. The van der Waals surface area contributed by atoms with Crippen LogP contribution in [0, 0.1) is 0 Å². The van der Waals surface area contributed by atoms with E-state index in [1.165, 1.54) is 27.8 Å². The van der Waals surface area contributed by atoms with Crippen LogP contribution >= 0.6 is 0 Å². The van der Waals surface area contributed by atoms with Crippen LogP contribution < -0.4 is 0 Å². The Morgan fingerprint density at radius 2 is 0.795 bits per heavy atom. The van der Waals surface area contributed by atoms with E-state index in [0.717, 1.165) is 39.8 Å². The molecule has 0 bridgehead atoms. The Morgan fingerprint density at radius 1 is 0.341 bits per heavy atom. The van der Waals surface area contributed by atoms with E-state index in [9.17, 15) is 0 Å². The number of hydrogen-bond donors (Lipinski definition) is 0. The second-order valence-electron chi connectivity index (χ2n) is 10.9. The summed E-state index contributed by atoms with van der Waals surface area (Å²) in [6, 6.07) is 53.0. The Balaban J connectivity index is 0.00000312. The molecule has 1 aliphatic carbocycles. The van der Waals surface area contributed by atoms with E-state index in [-0.39, 0.29) is 7.43 Å². The first-order chi connectivity index (χ1) is 21.3. The van der Waals surface area contributed by atoms with E-state index in [1.54, 1.807) is 0 Å². The molecule has 0 atom stereocenters. The van der Waals surface area contributed by atoms with Crippen LogP contribution in [0.4, 0.5) is 0 Å². The summed E-state index contributed by atoms with van der Waals surface area (Å²) in [5.74, 6) is 1.97. The number of hydrogen-bond acceptors (Lipinski definition) is 3. The number of fused-ring (bicyclic) bond motifs is 3. The molecule has 0 saturated carbocycles.